The van der Waals surface area contributed by atoms with Gasteiger partial charge in [0.25, 0.3) is 0 Å². The molecule has 0 spiro atoms. The molecule has 0 heterocycles. The Bertz CT molecular complexity index is 323. The molecule has 0 aliphatic carbocycles. The van der Waals surface area contributed by atoms with Gasteiger partial charge < -0.3 is 9.47 Å². The zero-order valence-corrected chi connectivity index (χ0v) is 24.4. The van der Waals surface area contributed by atoms with E-state index in [4.69, 9.17) is 9.47 Å². The SMILES string of the molecule is CCCCCCC(CCCC)COCCCCCCCCOCC(CCCC)CCCCCC. The Labute approximate surface area is 216 Å². The van der Waals surface area contributed by atoms with Gasteiger partial charge in [-0.3, -0.25) is 0 Å². The summed E-state index contributed by atoms with van der Waals surface area (Å²) in [6, 6.07) is 0. The second-order valence-electron chi connectivity index (χ2n) is 11.0. The van der Waals surface area contributed by atoms with E-state index in [1.807, 2.05) is 0 Å². The van der Waals surface area contributed by atoms with E-state index in [1.165, 1.54) is 141 Å². The summed E-state index contributed by atoms with van der Waals surface area (Å²) >= 11 is 0. The van der Waals surface area contributed by atoms with Crippen LogP contribution in [0.15, 0.2) is 0 Å². The molecule has 0 aliphatic heterocycles. The van der Waals surface area contributed by atoms with Gasteiger partial charge in [-0.1, -0.05) is 130 Å². The Morgan fingerprint density at radius 1 is 0.353 bits per heavy atom. The Hall–Kier alpha value is -0.0800. The van der Waals surface area contributed by atoms with Crippen LogP contribution in [-0.2, 0) is 9.47 Å². The minimum Gasteiger partial charge on any atom is -0.381 e. The summed E-state index contributed by atoms with van der Waals surface area (Å²) in [4.78, 5) is 0. The zero-order chi connectivity index (χ0) is 25.0. The van der Waals surface area contributed by atoms with E-state index in [-0.39, 0.29) is 0 Å². The first-order valence-electron chi connectivity index (χ1n) is 15.9. The lowest BCUT2D eigenvalue weighted by atomic mass is 9.96. The van der Waals surface area contributed by atoms with Crippen LogP contribution >= 0.6 is 0 Å². The van der Waals surface area contributed by atoms with Gasteiger partial charge in [-0.05, 0) is 50.4 Å². The number of ether oxygens (including phenoxy) is 2. The lowest BCUT2D eigenvalue weighted by Crippen LogP contribution is -2.11. The maximum absolute atomic E-state index is 6.08. The number of hydrogen-bond acceptors (Lipinski definition) is 2. The molecule has 2 heteroatoms. The van der Waals surface area contributed by atoms with Gasteiger partial charge in [0, 0.05) is 26.4 Å². The molecule has 34 heavy (non-hydrogen) atoms. The molecule has 2 unspecified atom stereocenters. The third-order valence-corrected chi connectivity index (χ3v) is 7.40. The lowest BCUT2D eigenvalue weighted by molar-refractivity contribution is 0.0862. The zero-order valence-electron chi connectivity index (χ0n) is 24.4. The van der Waals surface area contributed by atoms with Crippen LogP contribution in [0.5, 0.6) is 0 Å². The fourth-order valence-electron chi connectivity index (χ4n) is 4.94. The standard InChI is InChI=1S/C32H66O2/c1-5-9-13-19-25-31(23-11-7-3)29-33-27-21-17-15-16-18-22-28-34-30-32(24-12-8-4)26-20-14-10-6-2/h31-32H,5-30H2,1-4H3. The van der Waals surface area contributed by atoms with Crippen LogP contribution in [0.25, 0.3) is 0 Å². The summed E-state index contributed by atoms with van der Waals surface area (Å²) in [7, 11) is 0. The van der Waals surface area contributed by atoms with Crippen molar-refractivity contribution in [1.29, 1.82) is 0 Å². The van der Waals surface area contributed by atoms with Crippen molar-refractivity contribution in [2.24, 2.45) is 11.8 Å². The average Bonchev–Trinajstić information content (AvgIpc) is 2.85. The van der Waals surface area contributed by atoms with Crippen LogP contribution in [0, 0.1) is 11.8 Å². The second kappa shape index (κ2) is 29.2. The molecule has 0 aromatic heterocycles. The molecule has 0 radical (unpaired) electrons. The highest BCUT2D eigenvalue weighted by Crippen LogP contribution is 2.19. The van der Waals surface area contributed by atoms with E-state index in [0.29, 0.717) is 0 Å². The molecule has 2 atom stereocenters. The highest BCUT2D eigenvalue weighted by Gasteiger charge is 2.09. The third-order valence-electron chi connectivity index (χ3n) is 7.40. The van der Waals surface area contributed by atoms with Gasteiger partial charge in [-0.25, -0.2) is 0 Å². The molecule has 206 valence electrons. The number of rotatable bonds is 29. The molecule has 0 fully saturated rings. The molecule has 0 amide bonds. The predicted octanol–water partition coefficient (Wildman–Crippen LogP) is 10.9. The maximum Gasteiger partial charge on any atom is 0.0494 e. The molecule has 2 nitrogen and oxygen atoms in total. The van der Waals surface area contributed by atoms with Gasteiger partial charge in [0.1, 0.15) is 0 Å². The molecule has 0 bridgehead atoms. The number of hydrogen-bond donors (Lipinski definition) is 0. The van der Waals surface area contributed by atoms with Crippen molar-refractivity contribution in [2.45, 2.75) is 169 Å². The first-order valence-corrected chi connectivity index (χ1v) is 15.9. The Kier molecular flexibility index (Phi) is 29.1. The average molecular weight is 483 g/mol. The molecule has 0 saturated heterocycles. The first kappa shape index (κ1) is 33.9. The van der Waals surface area contributed by atoms with Gasteiger partial charge in [0.15, 0.2) is 0 Å². The van der Waals surface area contributed by atoms with E-state index in [0.717, 1.165) is 38.3 Å². The predicted molar refractivity (Wildman–Crippen MR) is 153 cm³/mol. The Balaban J connectivity index is 3.60. The Morgan fingerprint density at radius 3 is 1.06 bits per heavy atom. The minimum atomic E-state index is 0.801. The van der Waals surface area contributed by atoms with Crippen LogP contribution in [0.4, 0.5) is 0 Å². The van der Waals surface area contributed by atoms with Crippen molar-refractivity contribution in [3.05, 3.63) is 0 Å². The van der Waals surface area contributed by atoms with Gasteiger partial charge >= 0.3 is 0 Å². The minimum absolute atomic E-state index is 0.801. The van der Waals surface area contributed by atoms with Crippen molar-refractivity contribution >= 4 is 0 Å². The largest absolute Gasteiger partial charge is 0.381 e. The summed E-state index contributed by atoms with van der Waals surface area (Å²) < 4.78 is 12.2. The van der Waals surface area contributed by atoms with Crippen LogP contribution in [0.1, 0.15) is 169 Å². The van der Waals surface area contributed by atoms with E-state index in [9.17, 15) is 0 Å². The van der Waals surface area contributed by atoms with Crippen LogP contribution in [0.2, 0.25) is 0 Å². The van der Waals surface area contributed by atoms with Gasteiger partial charge in [-0.15, -0.1) is 0 Å². The maximum atomic E-state index is 6.08. The summed E-state index contributed by atoms with van der Waals surface area (Å²) in [6.45, 7) is 13.2. The van der Waals surface area contributed by atoms with Crippen molar-refractivity contribution in [2.75, 3.05) is 26.4 Å². The topological polar surface area (TPSA) is 18.5 Å². The quantitative estimate of drug-likeness (QED) is 0.0987. The van der Waals surface area contributed by atoms with E-state index >= 15 is 0 Å². The van der Waals surface area contributed by atoms with Gasteiger partial charge in [0.2, 0.25) is 0 Å². The van der Waals surface area contributed by atoms with E-state index in [2.05, 4.69) is 27.7 Å². The molecular formula is C32H66O2. The summed E-state index contributed by atoms with van der Waals surface area (Å²) in [5.41, 5.74) is 0. The summed E-state index contributed by atoms with van der Waals surface area (Å²) in [5, 5.41) is 0. The summed E-state index contributed by atoms with van der Waals surface area (Å²) in [5.74, 6) is 1.60. The monoisotopic (exact) mass is 483 g/mol. The summed E-state index contributed by atoms with van der Waals surface area (Å²) in [6.07, 6.45) is 29.8. The fourth-order valence-corrected chi connectivity index (χ4v) is 4.94. The van der Waals surface area contributed by atoms with Gasteiger partial charge in [-0.2, -0.15) is 0 Å². The van der Waals surface area contributed by atoms with Crippen molar-refractivity contribution in [1.82, 2.24) is 0 Å². The molecule has 0 saturated carbocycles. The van der Waals surface area contributed by atoms with E-state index in [1.54, 1.807) is 0 Å². The highest BCUT2D eigenvalue weighted by molar-refractivity contribution is 4.61. The fraction of sp³-hybridized carbons (Fsp3) is 1.00. The normalized spacial score (nSPS) is 13.4. The van der Waals surface area contributed by atoms with Crippen LogP contribution in [0.3, 0.4) is 0 Å². The van der Waals surface area contributed by atoms with E-state index < -0.39 is 0 Å². The van der Waals surface area contributed by atoms with Crippen molar-refractivity contribution < 1.29 is 9.47 Å². The molecule has 0 N–H and O–H groups in total. The second-order valence-corrected chi connectivity index (χ2v) is 11.0. The van der Waals surface area contributed by atoms with Gasteiger partial charge in [0.05, 0.1) is 0 Å². The van der Waals surface area contributed by atoms with Crippen LogP contribution < -0.4 is 0 Å². The smallest absolute Gasteiger partial charge is 0.0494 e. The Morgan fingerprint density at radius 2 is 0.676 bits per heavy atom. The highest BCUT2D eigenvalue weighted by atomic mass is 16.5. The van der Waals surface area contributed by atoms with Crippen molar-refractivity contribution in [3.63, 3.8) is 0 Å². The molecule has 0 aliphatic rings. The van der Waals surface area contributed by atoms with Crippen LogP contribution in [-0.4, -0.2) is 26.4 Å². The number of unbranched alkanes of at least 4 members (excludes halogenated alkanes) is 13. The first-order chi connectivity index (χ1) is 16.8. The third kappa shape index (κ3) is 25.0. The molecule has 0 rings (SSSR count). The van der Waals surface area contributed by atoms with Crippen molar-refractivity contribution in [3.8, 4) is 0 Å². The molecule has 0 aromatic carbocycles. The molecule has 0 aromatic rings. The molecular weight excluding hydrogens is 416 g/mol. The lowest BCUT2D eigenvalue weighted by Gasteiger charge is -2.17.